The van der Waals surface area contributed by atoms with Crippen molar-refractivity contribution in [1.82, 2.24) is 9.88 Å². The summed E-state index contributed by atoms with van der Waals surface area (Å²) in [6, 6.07) is 8.87. The lowest BCUT2D eigenvalue weighted by Crippen LogP contribution is -2.45. The van der Waals surface area contributed by atoms with Crippen LogP contribution >= 0.6 is 0 Å². The van der Waals surface area contributed by atoms with Crippen molar-refractivity contribution in [1.29, 1.82) is 0 Å². The number of fused-ring (bicyclic) bond motifs is 1. The van der Waals surface area contributed by atoms with Crippen molar-refractivity contribution in [2.75, 3.05) is 22.9 Å². The van der Waals surface area contributed by atoms with Gasteiger partial charge in [-0.05, 0) is 50.1 Å². The lowest BCUT2D eigenvalue weighted by Gasteiger charge is -2.32. The van der Waals surface area contributed by atoms with Gasteiger partial charge in [0.25, 0.3) is 10.0 Å². The van der Waals surface area contributed by atoms with E-state index in [0.29, 0.717) is 18.5 Å². The first-order chi connectivity index (χ1) is 18.0. The Bertz CT molecular complexity index is 1460. The second kappa shape index (κ2) is 11.1. The van der Waals surface area contributed by atoms with E-state index in [1.807, 2.05) is 0 Å². The van der Waals surface area contributed by atoms with Crippen LogP contribution in [-0.4, -0.2) is 63.3 Å². The minimum absolute atomic E-state index is 0.0686. The minimum Gasteiger partial charge on any atom is -0.466 e. The van der Waals surface area contributed by atoms with Crippen LogP contribution in [0.1, 0.15) is 38.3 Å². The molecule has 1 aliphatic heterocycles. The van der Waals surface area contributed by atoms with Gasteiger partial charge in [-0.25, -0.2) is 8.42 Å². The first kappa shape index (κ1) is 27.5. The number of esters is 1. The molecular weight excluding hydrogens is 534 g/mol. The van der Waals surface area contributed by atoms with Crippen molar-refractivity contribution in [3.05, 3.63) is 48.3 Å². The molecule has 14 heteroatoms. The molecule has 2 aromatic rings. The van der Waals surface area contributed by atoms with Gasteiger partial charge in [0.05, 0.1) is 43.1 Å². The Balaban J connectivity index is 1.59. The highest BCUT2D eigenvalue weighted by Gasteiger charge is 2.40. The van der Waals surface area contributed by atoms with Crippen LogP contribution in [0.25, 0.3) is 0 Å². The number of anilines is 2. The SMILES string of the molecule is CCOC(=O)C1CCCC1N(Cc1ccccn1)C(=O)CC1=NS(=O)(=O)c2cc(NS(C)(=O)=O)ccc2N1. The average molecular weight is 564 g/mol. The molecule has 1 saturated carbocycles. The number of nitrogens with one attached hydrogen (secondary N) is 2. The fourth-order valence-electron chi connectivity index (χ4n) is 4.70. The third-order valence-electron chi connectivity index (χ3n) is 6.24. The number of amidine groups is 1. The number of aromatic nitrogens is 1. The number of hydrogen-bond donors (Lipinski definition) is 2. The normalized spacial score (nSPS) is 20.0. The number of carbonyl (C=O) groups is 2. The molecule has 2 unspecified atom stereocenters. The summed E-state index contributed by atoms with van der Waals surface area (Å²) in [5.41, 5.74) is 0.861. The van der Waals surface area contributed by atoms with Gasteiger partial charge in [0, 0.05) is 17.9 Å². The second-order valence-electron chi connectivity index (χ2n) is 9.10. The predicted molar refractivity (Wildman–Crippen MR) is 140 cm³/mol. The van der Waals surface area contributed by atoms with Crippen LogP contribution in [0, 0.1) is 5.92 Å². The summed E-state index contributed by atoms with van der Waals surface area (Å²) in [6.45, 7) is 2.09. The summed E-state index contributed by atoms with van der Waals surface area (Å²) >= 11 is 0. The largest absolute Gasteiger partial charge is 0.466 e. The van der Waals surface area contributed by atoms with Gasteiger partial charge in [0.15, 0.2) is 0 Å². The topological polar surface area (TPSA) is 164 Å². The first-order valence-electron chi connectivity index (χ1n) is 12.1. The predicted octanol–water partition coefficient (Wildman–Crippen LogP) is 2.12. The summed E-state index contributed by atoms with van der Waals surface area (Å²) < 4.78 is 60.1. The van der Waals surface area contributed by atoms with E-state index < -0.39 is 37.9 Å². The molecule has 12 nitrogen and oxygen atoms in total. The van der Waals surface area contributed by atoms with Gasteiger partial charge in [0.1, 0.15) is 10.7 Å². The summed E-state index contributed by atoms with van der Waals surface area (Å²) in [5.74, 6) is -1.36. The first-order valence-corrected chi connectivity index (χ1v) is 15.4. The van der Waals surface area contributed by atoms with Crippen molar-refractivity contribution in [3.63, 3.8) is 0 Å². The Hall–Kier alpha value is -3.52. The molecule has 2 N–H and O–H groups in total. The van der Waals surface area contributed by atoms with Crippen LogP contribution in [0.4, 0.5) is 11.4 Å². The van der Waals surface area contributed by atoms with Gasteiger partial charge in [-0.3, -0.25) is 19.3 Å². The minimum atomic E-state index is -4.22. The molecule has 0 saturated heterocycles. The molecule has 38 heavy (non-hydrogen) atoms. The van der Waals surface area contributed by atoms with Crippen LogP contribution in [0.2, 0.25) is 0 Å². The van der Waals surface area contributed by atoms with Crippen molar-refractivity contribution >= 4 is 49.1 Å². The molecule has 4 rings (SSSR count). The summed E-state index contributed by atoms with van der Waals surface area (Å²) in [5, 5.41) is 2.88. The Labute approximate surface area is 221 Å². The summed E-state index contributed by atoms with van der Waals surface area (Å²) in [6.07, 6.45) is 4.12. The number of rotatable bonds is 9. The molecule has 1 fully saturated rings. The van der Waals surface area contributed by atoms with Crippen LogP contribution in [0.5, 0.6) is 0 Å². The monoisotopic (exact) mass is 563 g/mol. The quantitative estimate of drug-likeness (QED) is 0.435. The number of sulfonamides is 2. The van der Waals surface area contributed by atoms with E-state index in [1.165, 1.54) is 12.1 Å². The van der Waals surface area contributed by atoms with E-state index in [2.05, 4.69) is 19.4 Å². The molecule has 2 aliphatic rings. The highest BCUT2D eigenvalue weighted by molar-refractivity contribution is 7.92. The lowest BCUT2D eigenvalue weighted by molar-refractivity contribution is -0.151. The van der Waals surface area contributed by atoms with Gasteiger partial charge >= 0.3 is 5.97 Å². The summed E-state index contributed by atoms with van der Waals surface area (Å²) in [4.78, 5) is 31.9. The van der Waals surface area contributed by atoms with E-state index in [0.717, 1.165) is 18.7 Å². The molecule has 0 spiro atoms. The molecular formula is C24H29N5O7S2. The molecule has 2 heterocycles. The molecule has 1 amide bonds. The van der Waals surface area contributed by atoms with Crippen molar-refractivity contribution < 1.29 is 31.2 Å². The van der Waals surface area contributed by atoms with Crippen molar-refractivity contribution in [2.24, 2.45) is 10.3 Å². The Morgan fingerprint density at radius 1 is 1.21 bits per heavy atom. The number of pyridine rings is 1. The van der Waals surface area contributed by atoms with E-state index >= 15 is 0 Å². The smallest absolute Gasteiger partial charge is 0.311 e. The lowest BCUT2D eigenvalue weighted by atomic mass is 10.0. The summed E-state index contributed by atoms with van der Waals surface area (Å²) in [7, 11) is -7.83. The standard InChI is InChI=1S/C24H29N5O7S2/c1-3-36-24(31)18-8-6-9-20(18)29(15-17-7-4-5-12-25-17)23(30)14-22-26-19-11-10-16(27-37(2,32)33)13-21(19)38(34,35)28-22/h4-5,7,10-13,18,20,27H,3,6,8-9,14-15H2,1-2H3,(H,26,28). The third kappa shape index (κ3) is 6.48. The van der Waals surface area contributed by atoms with Crippen molar-refractivity contribution in [2.45, 2.75) is 50.1 Å². The van der Waals surface area contributed by atoms with Gasteiger partial charge in [0.2, 0.25) is 15.9 Å². The fourth-order valence-corrected chi connectivity index (χ4v) is 6.43. The Morgan fingerprint density at radius 3 is 2.68 bits per heavy atom. The van der Waals surface area contributed by atoms with E-state index in [-0.39, 0.29) is 47.6 Å². The number of carbonyl (C=O) groups excluding carboxylic acids is 2. The molecule has 0 bridgehead atoms. The fraction of sp³-hybridized carbons (Fsp3) is 0.417. The maximum atomic E-state index is 13.6. The van der Waals surface area contributed by atoms with Crippen LogP contribution in [-0.2, 0) is 40.9 Å². The molecule has 204 valence electrons. The Kier molecular flexibility index (Phi) is 8.02. The van der Waals surface area contributed by atoms with Gasteiger partial charge in [-0.1, -0.05) is 12.5 Å². The Morgan fingerprint density at radius 2 is 2.00 bits per heavy atom. The zero-order chi connectivity index (χ0) is 27.5. The van der Waals surface area contributed by atoms with E-state index in [1.54, 1.807) is 36.2 Å². The second-order valence-corrected chi connectivity index (χ2v) is 12.4. The average Bonchev–Trinajstić information content (AvgIpc) is 3.32. The van der Waals surface area contributed by atoms with E-state index in [4.69, 9.17) is 4.74 Å². The number of amides is 1. The van der Waals surface area contributed by atoms with Crippen LogP contribution in [0.3, 0.4) is 0 Å². The van der Waals surface area contributed by atoms with Gasteiger partial charge in [-0.15, -0.1) is 4.40 Å². The van der Waals surface area contributed by atoms with Crippen molar-refractivity contribution in [3.8, 4) is 0 Å². The van der Waals surface area contributed by atoms with Crippen LogP contribution in [0.15, 0.2) is 51.9 Å². The third-order valence-corrected chi connectivity index (χ3v) is 8.20. The zero-order valence-corrected chi connectivity index (χ0v) is 22.6. The highest BCUT2D eigenvalue weighted by Crippen LogP contribution is 2.34. The number of ether oxygens (including phenoxy) is 1. The molecule has 1 aromatic carbocycles. The zero-order valence-electron chi connectivity index (χ0n) is 21.0. The van der Waals surface area contributed by atoms with E-state index in [9.17, 15) is 26.4 Å². The highest BCUT2D eigenvalue weighted by atomic mass is 32.2. The molecule has 0 radical (unpaired) electrons. The van der Waals surface area contributed by atoms with Gasteiger partial charge in [-0.2, -0.15) is 8.42 Å². The number of benzene rings is 1. The maximum absolute atomic E-state index is 13.6. The number of nitrogens with zero attached hydrogens (tertiary/aromatic N) is 3. The van der Waals surface area contributed by atoms with Gasteiger partial charge < -0.3 is 15.0 Å². The molecule has 1 aliphatic carbocycles. The number of hydrogen-bond acceptors (Lipinski definition) is 9. The van der Waals surface area contributed by atoms with Crippen LogP contribution < -0.4 is 10.0 Å². The molecule has 1 aromatic heterocycles. The maximum Gasteiger partial charge on any atom is 0.311 e. The molecule has 2 atom stereocenters.